The van der Waals surface area contributed by atoms with Gasteiger partial charge in [-0.05, 0) is 43.0 Å². The fraction of sp³-hybridized carbons (Fsp3) is 0.375. The van der Waals surface area contributed by atoms with Crippen molar-refractivity contribution in [2.75, 3.05) is 18.0 Å². The third-order valence-electron chi connectivity index (χ3n) is 3.88. The molecule has 0 spiro atoms. The molecule has 0 bridgehead atoms. The van der Waals surface area contributed by atoms with Crippen LogP contribution in [-0.2, 0) is 0 Å². The first-order valence-electron chi connectivity index (χ1n) is 7.09. The largest absolute Gasteiger partial charge is 0.419 e. The Kier molecular flexibility index (Phi) is 3.85. The van der Waals surface area contributed by atoms with Crippen molar-refractivity contribution in [3.8, 4) is 17.5 Å². The summed E-state index contributed by atoms with van der Waals surface area (Å²) in [7, 11) is 0. The Balaban J connectivity index is 1.91. The van der Waals surface area contributed by atoms with Crippen LogP contribution in [0.3, 0.4) is 0 Å². The normalized spacial score (nSPS) is 16.0. The lowest BCUT2D eigenvalue weighted by molar-refractivity contribution is 0.418. The Morgan fingerprint density at radius 1 is 1.29 bits per heavy atom. The van der Waals surface area contributed by atoms with Gasteiger partial charge in [-0.25, -0.2) is 0 Å². The smallest absolute Gasteiger partial charge is 0.235 e. The first-order chi connectivity index (χ1) is 10.2. The molecule has 108 valence electrons. The standard InChI is InChI=1S/C16H16ClN3O/c1-11-6-8-20(9-7-11)16-14(10-18)19-15(21-16)12-2-4-13(17)5-3-12/h2-5,11H,6-9H2,1H3. The highest BCUT2D eigenvalue weighted by Gasteiger charge is 2.24. The minimum atomic E-state index is 0.356. The van der Waals surface area contributed by atoms with E-state index in [1.807, 2.05) is 12.1 Å². The summed E-state index contributed by atoms with van der Waals surface area (Å²) in [5.41, 5.74) is 1.18. The Morgan fingerprint density at radius 2 is 1.95 bits per heavy atom. The predicted molar refractivity (Wildman–Crippen MR) is 82.3 cm³/mol. The van der Waals surface area contributed by atoms with Crippen LogP contribution in [0.1, 0.15) is 25.5 Å². The molecule has 0 radical (unpaired) electrons. The summed E-state index contributed by atoms with van der Waals surface area (Å²) in [6, 6.07) is 9.40. The lowest BCUT2D eigenvalue weighted by Gasteiger charge is -2.29. The van der Waals surface area contributed by atoms with Gasteiger partial charge in [0.1, 0.15) is 6.07 Å². The fourth-order valence-corrected chi connectivity index (χ4v) is 2.65. The van der Waals surface area contributed by atoms with Gasteiger partial charge in [0.2, 0.25) is 17.5 Å². The van der Waals surface area contributed by atoms with Gasteiger partial charge in [-0.15, -0.1) is 0 Å². The van der Waals surface area contributed by atoms with E-state index in [4.69, 9.17) is 16.0 Å². The van der Waals surface area contributed by atoms with Crippen molar-refractivity contribution in [2.45, 2.75) is 19.8 Å². The Bertz CT molecular complexity index is 664. The first-order valence-corrected chi connectivity index (χ1v) is 7.47. The molecule has 0 N–H and O–H groups in total. The second kappa shape index (κ2) is 5.79. The monoisotopic (exact) mass is 301 g/mol. The van der Waals surface area contributed by atoms with E-state index in [0.717, 1.165) is 37.4 Å². The zero-order valence-corrected chi connectivity index (χ0v) is 12.6. The number of halogens is 1. The number of nitrogens with zero attached hydrogens (tertiary/aromatic N) is 3. The Labute approximate surface area is 129 Å². The van der Waals surface area contributed by atoms with Crippen molar-refractivity contribution in [2.24, 2.45) is 5.92 Å². The molecule has 4 nitrogen and oxygen atoms in total. The van der Waals surface area contributed by atoms with E-state index in [9.17, 15) is 5.26 Å². The predicted octanol–water partition coefficient (Wildman–Crippen LogP) is 4.10. The van der Waals surface area contributed by atoms with E-state index in [1.165, 1.54) is 0 Å². The van der Waals surface area contributed by atoms with Crippen LogP contribution >= 0.6 is 11.6 Å². The van der Waals surface area contributed by atoms with Crippen LogP contribution in [0, 0.1) is 17.2 Å². The second-order valence-corrected chi connectivity index (χ2v) is 5.90. The number of rotatable bonds is 2. The Morgan fingerprint density at radius 3 is 2.57 bits per heavy atom. The van der Waals surface area contributed by atoms with Crippen LogP contribution in [-0.4, -0.2) is 18.1 Å². The molecule has 3 rings (SSSR count). The number of oxazole rings is 1. The van der Waals surface area contributed by atoms with E-state index in [1.54, 1.807) is 12.1 Å². The molecule has 1 saturated heterocycles. The Hall–Kier alpha value is -1.99. The van der Waals surface area contributed by atoms with Gasteiger partial charge in [0.05, 0.1) is 0 Å². The highest BCUT2D eigenvalue weighted by Crippen LogP contribution is 2.31. The quantitative estimate of drug-likeness (QED) is 0.838. The summed E-state index contributed by atoms with van der Waals surface area (Å²) in [5, 5.41) is 9.95. The molecular weight excluding hydrogens is 286 g/mol. The van der Waals surface area contributed by atoms with Crippen molar-refractivity contribution >= 4 is 17.5 Å². The SMILES string of the molecule is CC1CCN(c2oc(-c3ccc(Cl)cc3)nc2C#N)CC1. The van der Waals surface area contributed by atoms with Crippen LogP contribution in [0.4, 0.5) is 5.88 Å². The van der Waals surface area contributed by atoms with Gasteiger partial charge >= 0.3 is 0 Å². The zero-order valence-electron chi connectivity index (χ0n) is 11.8. The molecule has 0 saturated carbocycles. The van der Waals surface area contributed by atoms with Crippen LogP contribution in [0.25, 0.3) is 11.5 Å². The van der Waals surface area contributed by atoms with Crippen molar-refractivity contribution in [1.29, 1.82) is 5.26 Å². The summed E-state index contributed by atoms with van der Waals surface area (Å²) in [6.07, 6.45) is 2.23. The van der Waals surface area contributed by atoms with E-state index in [-0.39, 0.29) is 0 Å². The third kappa shape index (κ3) is 2.88. The molecule has 1 fully saturated rings. The van der Waals surface area contributed by atoms with Gasteiger partial charge < -0.3 is 9.32 Å². The molecule has 1 aromatic heterocycles. The van der Waals surface area contributed by atoms with Gasteiger partial charge in [0, 0.05) is 23.7 Å². The number of hydrogen-bond acceptors (Lipinski definition) is 4. The molecule has 0 aliphatic carbocycles. The summed E-state index contributed by atoms with van der Waals surface area (Å²) >= 11 is 5.89. The molecule has 2 aromatic rings. The lowest BCUT2D eigenvalue weighted by Crippen LogP contribution is -2.32. The highest BCUT2D eigenvalue weighted by molar-refractivity contribution is 6.30. The van der Waals surface area contributed by atoms with Crippen LogP contribution in [0.2, 0.25) is 5.02 Å². The maximum absolute atomic E-state index is 9.29. The average Bonchev–Trinajstić information content (AvgIpc) is 2.93. The number of anilines is 1. The van der Waals surface area contributed by atoms with Crippen molar-refractivity contribution < 1.29 is 4.42 Å². The summed E-state index contributed by atoms with van der Waals surface area (Å²) in [6.45, 7) is 4.07. The molecule has 0 amide bonds. The lowest BCUT2D eigenvalue weighted by atomic mass is 9.99. The maximum atomic E-state index is 9.29. The third-order valence-corrected chi connectivity index (χ3v) is 4.13. The molecular formula is C16H16ClN3O. The van der Waals surface area contributed by atoms with E-state index in [0.29, 0.717) is 22.5 Å². The van der Waals surface area contributed by atoms with Crippen LogP contribution in [0.15, 0.2) is 28.7 Å². The summed E-state index contributed by atoms with van der Waals surface area (Å²) in [5.74, 6) is 1.79. The maximum Gasteiger partial charge on any atom is 0.235 e. The van der Waals surface area contributed by atoms with Crippen LogP contribution < -0.4 is 4.90 Å². The molecule has 0 unspecified atom stereocenters. The van der Waals surface area contributed by atoms with Gasteiger partial charge in [-0.1, -0.05) is 18.5 Å². The highest BCUT2D eigenvalue weighted by atomic mass is 35.5. The summed E-state index contributed by atoms with van der Waals surface area (Å²) in [4.78, 5) is 6.43. The molecule has 1 aliphatic rings. The summed E-state index contributed by atoms with van der Waals surface area (Å²) < 4.78 is 5.86. The van der Waals surface area contributed by atoms with Crippen molar-refractivity contribution in [1.82, 2.24) is 4.98 Å². The number of piperidine rings is 1. The second-order valence-electron chi connectivity index (χ2n) is 5.46. The minimum absolute atomic E-state index is 0.356. The van der Waals surface area contributed by atoms with Gasteiger partial charge in [-0.2, -0.15) is 10.2 Å². The number of hydrogen-bond donors (Lipinski definition) is 0. The van der Waals surface area contributed by atoms with E-state index >= 15 is 0 Å². The number of nitriles is 1. The van der Waals surface area contributed by atoms with E-state index in [2.05, 4.69) is 22.9 Å². The topological polar surface area (TPSA) is 53.1 Å². The van der Waals surface area contributed by atoms with Crippen molar-refractivity contribution in [3.05, 3.63) is 35.0 Å². The molecule has 1 aromatic carbocycles. The van der Waals surface area contributed by atoms with Gasteiger partial charge in [0.15, 0.2) is 0 Å². The fourth-order valence-electron chi connectivity index (χ4n) is 2.53. The molecule has 0 atom stereocenters. The molecule has 2 heterocycles. The number of aromatic nitrogens is 1. The van der Waals surface area contributed by atoms with Gasteiger partial charge in [0.25, 0.3) is 0 Å². The van der Waals surface area contributed by atoms with Gasteiger partial charge in [-0.3, -0.25) is 0 Å². The number of benzene rings is 1. The zero-order chi connectivity index (χ0) is 14.8. The van der Waals surface area contributed by atoms with Crippen LogP contribution in [0.5, 0.6) is 0 Å². The minimum Gasteiger partial charge on any atom is -0.419 e. The molecule has 1 aliphatic heterocycles. The van der Waals surface area contributed by atoms with Crippen molar-refractivity contribution in [3.63, 3.8) is 0 Å². The van der Waals surface area contributed by atoms with E-state index < -0.39 is 0 Å². The molecule has 21 heavy (non-hydrogen) atoms. The average molecular weight is 302 g/mol. The molecule has 5 heteroatoms. The first kappa shape index (κ1) is 14.0.